The zero-order valence-electron chi connectivity index (χ0n) is 14.9. The van der Waals surface area contributed by atoms with Crippen LogP contribution in [-0.2, 0) is 13.2 Å². The highest BCUT2D eigenvalue weighted by molar-refractivity contribution is 5.94. The first-order valence-electron chi connectivity index (χ1n) is 8.53. The van der Waals surface area contributed by atoms with Crippen molar-refractivity contribution in [1.29, 1.82) is 0 Å². The maximum absolute atomic E-state index is 13.4. The van der Waals surface area contributed by atoms with Crippen molar-refractivity contribution >= 4 is 5.91 Å². The summed E-state index contributed by atoms with van der Waals surface area (Å²) in [6.07, 6.45) is 0. The predicted molar refractivity (Wildman–Crippen MR) is 101 cm³/mol. The topological polar surface area (TPSA) is 47.6 Å². The summed E-state index contributed by atoms with van der Waals surface area (Å²) < 4.78 is 24.1. The molecule has 0 heterocycles. The lowest BCUT2D eigenvalue weighted by Gasteiger charge is -2.09. The van der Waals surface area contributed by atoms with Gasteiger partial charge >= 0.3 is 0 Å². The Balaban J connectivity index is 1.54. The number of hydrogen-bond acceptors (Lipinski definition) is 3. The van der Waals surface area contributed by atoms with Crippen LogP contribution < -0.4 is 14.8 Å². The number of ether oxygens (including phenoxy) is 2. The van der Waals surface area contributed by atoms with Gasteiger partial charge in [0, 0.05) is 12.1 Å². The summed E-state index contributed by atoms with van der Waals surface area (Å²) >= 11 is 0. The SMILES string of the molecule is COc1cc(CNC(=O)c2ccc(OCc3ccccc3)cc2)ccc1F. The molecule has 1 amide bonds. The maximum Gasteiger partial charge on any atom is 0.251 e. The molecule has 0 saturated heterocycles. The van der Waals surface area contributed by atoms with Crippen molar-refractivity contribution in [2.75, 3.05) is 7.11 Å². The number of rotatable bonds is 7. The Bertz CT molecular complexity index is 895. The van der Waals surface area contributed by atoms with E-state index in [1.54, 1.807) is 36.4 Å². The minimum absolute atomic E-state index is 0.154. The van der Waals surface area contributed by atoms with E-state index in [1.807, 2.05) is 30.3 Å². The number of nitrogens with one attached hydrogen (secondary N) is 1. The number of carbonyl (C=O) groups is 1. The van der Waals surface area contributed by atoms with E-state index in [9.17, 15) is 9.18 Å². The highest BCUT2D eigenvalue weighted by Gasteiger charge is 2.08. The summed E-state index contributed by atoms with van der Waals surface area (Å²) in [5.41, 5.74) is 2.36. The van der Waals surface area contributed by atoms with Gasteiger partial charge in [-0.2, -0.15) is 0 Å². The third-order valence-corrected chi connectivity index (χ3v) is 4.03. The van der Waals surface area contributed by atoms with Crippen LogP contribution in [0, 0.1) is 5.82 Å². The second-order valence-electron chi connectivity index (χ2n) is 5.95. The van der Waals surface area contributed by atoms with Gasteiger partial charge < -0.3 is 14.8 Å². The van der Waals surface area contributed by atoms with Gasteiger partial charge in [0.2, 0.25) is 0 Å². The zero-order chi connectivity index (χ0) is 19.1. The van der Waals surface area contributed by atoms with Crippen molar-refractivity contribution in [1.82, 2.24) is 5.32 Å². The van der Waals surface area contributed by atoms with Crippen molar-refractivity contribution in [3.8, 4) is 11.5 Å². The number of methoxy groups -OCH3 is 1. The van der Waals surface area contributed by atoms with Crippen molar-refractivity contribution in [2.45, 2.75) is 13.2 Å². The van der Waals surface area contributed by atoms with Gasteiger partial charge in [-0.3, -0.25) is 4.79 Å². The molecule has 0 spiro atoms. The van der Waals surface area contributed by atoms with Crippen LogP contribution in [0.5, 0.6) is 11.5 Å². The highest BCUT2D eigenvalue weighted by Crippen LogP contribution is 2.18. The minimum atomic E-state index is -0.432. The molecule has 0 aromatic heterocycles. The van der Waals surface area contributed by atoms with Crippen LogP contribution in [0.3, 0.4) is 0 Å². The third-order valence-electron chi connectivity index (χ3n) is 4.03. The first-order chi connectivity index (χ1) is 13.2. The Morgan fingerprint density at radius 3 is 2.41 bits per heavy atom. The van der Waals surface area contributed by atoms with E-state index in [4.69, 9.17) is 9.47 Å². The van der Waals surface area contributed by atoms with E-state index in [0.29, 0.717) is 17.9 Å². The van der Waals surface area contributed by atoms with E-state index in [2.05, 4.69) is 5.32 Å². The second kappa shape index (κ2) is 8.85. The van der Waals surface area contributed by atoms with Gasteiger partial charge in [0.15, 0.2) is 11.6 Å². The summed E-state index contributed by atoms with van der Waals surface area (Å²) in [5, 5.41) is 2.81. The molecule has 27 heavy (non-hydrogen) atoms. The normalized spacial score (nSPS) is 10.3. The van der Waals surface area contributed by atoms with Crippen LogP contribution in [0.25, 0.3) is 0 Å². The molecular weight excluding hydrogens is 345 g/mol. The standard InChI is InChI=1S/C22H20FNO3/c1-26-21-13-17(7-12-20(21)23)14-24-22(25)18-8-10-19(11-9-18)27-15-16-5-3-2-4-6-16/h2-13H,14-15H2,1H3,(H,24,25). The lowest BCUT2D eigenvalue weighted by Crippen LogP contribution is -2.22. The van der Waals surface area contributed by atoms with Gasteiger partial charge in [0.1, 0.15) is 12.4 Å². The van der Waals surface area contributed by atoms with E-state index in [-0.39, 0.29) is 18.2 Å². The number of amides is 1. The smallest absolute Gasteiger partial charge is 0.251 e. The molecule has 5 heteroatoms. The summed E-state index contributed by atoms with van der Waals surface area (Å²) in [6, 6.07) is 21.3. The van der Waals surface area contributed by atoms with E-state index >= 15 is 0 Å². The molecule has 138 valence electrons. The monoisotopic (exact) mass is 365 g/mol. The van der Waals surface area contributed by atoms with Gasteiger partial charge in [-0.25, -0.2) is 4.39 Å². The minimum Gasteiger partial charge on any atom is -0.494 e. The van der Waals surface area contributed by atoms with Gasteiger partial charge in [0.25, 0.3) is 5.91 Å². The molecule has 1 N–H and O–H groups in total. The molecule has 3 rings (SSSR count). The molecular formula is C22H20FNO3. The Morgan fingerprint density at radius 1 is 0.963 bits per heavy atom. The Morgan fingerprint density at radius 2 is 1.70 bits per heavy atom. The molecule has 0 aliphatic rings. The Kier molecular flexibility index (Phi) is 6.05. The summed E-state index contributed by atoms with van der Waals surface area (Å²) in [6.45, 7) is 0.751. The summed E-state index contributed by atoms with van der Waals surface area (Å²) in [7, 11) is 1.40. The lowest BCUT2D eigenvalue weighted by atomic mass is 10.1. The first-order valence-corrected chi connectivity index (χ1v) is 8.53. The molecule has 3 aromatic carbocycles. The van der Waals surface area contributed by atoms with Crippen LogP contribution in [-0.4, -0.2) is 13.0 Å². The Labute approximate surface area is 157 Å². The number of carbonyl (C=O) groups excluding carboxylic acids is 1. The molecule has 0 saturated carbocycles. The van der Waals surface area contributed by atoms with E-state index in [0.717, 1.165) is 11.1 Å². The zero-order valence-corrected chi connectivity index (χ0v) is 14.9. The number of halogens is 1. The Hall–Kier alpha value is -3.34. The molecule has 0 radical (unpaired) electrons. The molecule has 3 aromatic rings. The van der Waals surface area contributed by atoms with Crippen LogP contribution in [0.4, 0.5) is 4.39 Å². The average Bonchev–Trinajstić information content (AvgIpc) is 2.72. The fraction of sp³-hybridized carbons (Fsp3) is 0.136. The predicted octanol–water partition coefficient (Wildman–Crippen LogP) is 4.34. The molecule has 4 nitrogen and oxygen atoms in total. The summed E-state index contributed by atoms with van der Waals surface area (Å²) in [4.78, 5) is 12.3. The highest BCUT2D eigenvalue weighted by atomic mass is 19.1. The lowest BCUT2D eigenvalue weighted by molar-refractivity contribution is 0.0951. The third kappa shape index (κ3) is 5.07. The van der Waals surface area contributed by atoms with Gasteiger partial charge in [-0.05, 0) is 47.5 Å². The van der Waals surface area contributed by atoms with Gasteiger partial charge in [-0.1, -0.05) is 36.4 Å². The van der Waals surface area contributed by atoms with Crippen LogP contribution in [0.1, 0.15) is 21.5 Å². The van der Waals surface area contributed by atoms with Crippen LogP contribution in [0.15, 0.2) is 72.8 Å². The molecule has 0 aliphatic heterocycles. The van der Waals surface area contributed by atoms with Crippen molar-refractivity contribution in [3.63, 3.8) is 0 Å². The average molecular weight is 365 g/mol. The second-order valence-corrected chi connectivity index (χ2v) is 5.95. The molecule has 0 fully saturated rings. The number of benzene rings is 3. The first kappa shape index (κ1) is 18.5. The quantitative estimate of drug-likeness (QED) is 0.677. The van der Waals surface area contributed by atoms with Crippen LogP contribution in [0.2, 0.25) is 0 Å². The van der Waals surface area contributed by atoms with Crippen LogP contribution >= 0.6 is 0 Å². The van der Waals surface area contributed by atoms with Gasteiger partial charge in [0.05, 0.1) is 7.11 Å². The number of hydrogen-bond donors (Lipinski definition) is 1. The fourth-order valence-corrected chi connectivity index (χ4v) is 2.54. The molecule has 0 bridgehead atoms. The van der Waals surface area contributed by atoms with E-state index < -0.39 is 5.82 Å². The largest absolute Gasteiger partial charge is 0.494 e. The fourth-order valence-electron chi connectivity index (χ4n) is 2.54. The van der Waals surface area contributed by atoms with Crippen molar-refractivity contribution in [3.05, 3.63) is 95.3 Å². The van der Waals surface area contributed by atoms with Crippen molar-refractivity contribution < 1.29 is 18.7 Å². The van der Waals surface area contributed by atoms with Gasteiger partial charge in [-0.15, -0.1) is 0 Å². The molecule has 0 aliphatic carbocycles. The summed E-state index contributed by atoms with van der Waals surface area (Å²) in [5.74, 6) is 0.201. The van der Waals surface area contributed by atoms with E-state index in [1.165, 1.54) is 13.2 Å². The maximum atomic E-state index is 13.4. The molecule has 0 atom stereocenters. The van der Waals surface area contributed by atoms with Crippen molar-refractivity contribution in [2.24, 2.45) is 0 Å². The molecule has 0 unspecified atom stereocenters.